The van der Waals surface area contributed by atoms with Crippen LogP contribution in [0.5, 0.6) is 0 Å². The van der Waals surface area contributed by atoms with Gasteiger partial charge < -0.3 is 10.4 Å². The smallest absolute Gasteiger partial charge is 0.339 e. The maximum absolute atomic E-state index is 11.0. The standard InChI is InChI=1S/C12H14N2O2/c1-4-9(5-2)14-11-6-8(3)13-7-10(11)12(15)16/h1,6-7,9H,5H2,2-3H3,(H,13,14)(H,15,16). The zero-order valence-corrected chi connectivity index (χ0v) is 9.32. The lowest BCUT2D eigenvalue weighted by Gasteiger charge is -2.14. The molecule has 1 atom stereocenters. The summed E-state index contributed by atoms with van der Waals surface area (Å²) in [5, 5.41) is 12.0. The highest BCUT2D eigenvalue weighted by Gasteiger charge is 2.12. The Labute approximate surface area is 94.7 Å². The van der Waals surface area contributed by atoms with E-state index >= 15 is 0 Å². The minimum absolute atomic E-state index is 0.138. The molecule has 0 aliphatic rings. The summed E-state index contributed by atoms with van der Waals surface area (Å²) in [5.74, 6) is 1.55. The lowest BCUT2D eigenvalue weighted by molar-refractivity contribution is 0.0697. The number of aryl methyl sites for hydroxylation is 1. The normalized spacial score (nSPS) is 11.6. The summed E-state index contributed by atoms with van der Waals surface area (Å²) >= 11 is 0. The van der Waals surface area contributed by atoms with Gasteiger partial charge in [-0.05, 0) is 19.4 Å². The van der Waals surface area contributed by atoms with Gasteiger partial charge in [-0.15, -0.1) is 6.42 Å². The molecule has 0 saturated carbocycles. The van der Waals surface area contributed by atoms with E-state index < -0.39 is 5.97 Å². The SMILES string of the molecule is C#CC(CC)Nc1cc(C)ncc1C(=O)O. The van der Waals surface area contributed by atoms with Gasteiger partial charge in [0.15, 0.2) is 0 Å². The Kier molecular flexibility index (Phi) is 3.90. The van der Waals surface area contributed by atoms with Crippen LogP contribution in [0.15, 0.2) is 12.3 Å². The van der Waals surface area contributed by atoms with Crippen LogP contribution in [0.25, 0.3) is 0 Å². The maximum atomic E-state index is 11.0. The Morgan fingerprint density at radius 1 is 1.75 bits per heavy atom. The molecule has 0 aliphatic carbocycles. The Hall–Kier alpha value is -2.02. The largest absolute Gasteiger partial charge is 0.478 e. The predicted molar refractivity (Wildman–Crippen MR) is 62.5 cm³/mol. The van der Waals surface area contributed by atoms with Gasteiger partial charge in [0.25, 0.3) is 0 Å². The highest BCUT2D eigenvalue weighted by Crippen LogP contribution is 2.17. The molecular formula is C12H14N2O2. The molecule has 0 spiro atoms. The van der Waals surface area contributed by atoms with Crippen molar-refractivity contribution in [1.82, 2.24) is 4.98 Å². The van der Waals surface area contributed by atoms with Gasteiger partial charge in [-0.25, -0.2) is 4.79 Å². The monoisotopic (exact) mass is 218 g/mol. The number of carboxylic acid groups (broad SMARTS) is 1. The highest BCUT2D eigenvalue weighted by molar-refractivity contribution is 5.94. The Bertz CT molecular complexity index is 435. The van der Waals surface area contributed by atoms with E-state index in [9.17, 15) is 4.79 Å². The molecule has 0 bridgehead atoms. The van der Waals surface area contributed by atoms with Crippen molar-refractivity contribution < 1.29 is 9.90 Å². The van der Waals surface area contributed by atoms with Gasteiger partial charge in [0.2, 0.25) is 0 Å². The molecule has 4 nitrogen and oxygen atoms in total. The Balaban J connectivity index is 3.06. The van der Waals surface area contributed by atoms with Crippen LogP contribution in [0.1, 0.15) is 29.4 Å². The van der Waals surface area contributed by atoms with E-state index in [-0.39, 0.29) is 11.6 Å². The van der Waals surface area contributed by atoms with Crippen molar-refractivity contribution in [2.75, 3.05) is 5.32 Å². The molecule has 0 radical (unpaired) electrons. The van der Waals surface area contributed by atoms with Crippen LogP contribution in [0.2, 0.25) is 0 Å². The molecule has 1 aromatic rings. The fourth-order valence-corrected chi connectivity index (χ4v) is 1.30. The highest BCUT2D eigenvalue weighted by atomic mass is 16.4. The number of pyridine rings is 1. The third kappa shape index (κ3) is 2.74. The van der Waals surface area contributed by atoms with Crippen LogP contribution in [0.4, 0.5) is 5.69 Å². The lowest BCUT2D eigenvalue weighted by Crippen LogP contribution is -2.18. The zero-order valence-electron chi connectivity index (χ0n) is 9.32. The number of nitrogens with zero attached hydrogens (tertiary/aromatic N) is 1. The number of aromatic nitrogens is 1. The minimum Gasteiger partial charge on any atom is -0.478 e. The van der Waals surface area contributed by atoms with E-state index in [2.05, 4.69) is 16.2 Å². The summed E-state index contributed by atoms with van der Waals surface area (Å²) in [5.41, 5.74) is 1.41. The molecule has 4 heteroatoms. The first kappa shape index (κ1) is 12.1. The van der Waals surface area contributed by atoms with Gasteiger partial charge in [-0.3, -0.25) is 4.98 Å². The van der Waals surface area contributed by atoms with Crippen molar-refractivity contribution >= 4 is 11.7 Å². The quantitative estimate of drug-likeness (QED) is 0.758. The summed E-state index contributed by atoms with van der Waals surface area (Å²) in [6, 6.07) is 1.52. The summed E-state index contributed by atoms with van der Waals surface area (Å²) in [6.45, 7) is 3.74. The van der Waals surface area contributed by atoms with Crippen LogP contribution in [-0.4, -0.2) is 22.1 Å². The van der Waals surface area contributed by atoms with Crippen molar-refractivity contribution in [2.45, 2.75) is 26.3 Å². The van der Waals surface area contributed by atoms with Crippen LogP contribution in [0.3, 0.4) is 0 Å². The number of hydrogen-bond donors (Lipinski definition) is 2. The molecule has 0 aromatic carbocycles. The van der Waals surface area contributed by atoms with Crippen molar-refractivity contribution in [3.8, 4) is 12.3 Å². The fraction of sp³-hybridized carbons (Fsp3) is 0.333. The first-order valence-corrected chi connectivity index (χ1v) is 5.01. The Morgan fingerprint density at radius 3 is 2.94 bits per heavy atom. The summed E-state index contributed by atoms with van der Waals surface area (Å²) in [7, 11) is 0. The molecule has 1 rings (SSSR count). The van der Waals surface area contributed by atoms with E-state index in [4.69, 9.17) is 11.5 Å². The van der Waals surface area contributed by atoms with Gasteiger partial charge >= 0.3 is 5.97 Å². The number of hydrogen-bond acceptors (Lipinski definition) is 3. The van der Waals surface area contributed by atoms with Crippen molar-refractivity contribution in [2.24, 2.45) is 0 Å². The van der Waals surface area contributed by atoms with Crippen LogP contribution in [-0.2, 0) is 0 Å². The number of anilines is 1. The number of aromatic carboxylic acids is 1. The molecule has 0 amide bonds. The molecule has 16 heavy (non-hydrogen) atoms. The van der Waals surface area contributed by atoms with E-state index in [0.717, 1.165) is 12.1 Å². The van der Waals surface area contributed by atoms with E-state index in [0.29, 0.717) is 5.69 Å². The summed E-state index contributed by atoms with van der Waals surface area (Å²) in [4.78, 5) is 14.9. The molecule has 0 aliphatic heterocycles. The van der Waals surface area contributed by atoms with Crippen LogP contribution < -0.4 is 5.32 Å². The predicted octanol–water partition coefficient (Wildman–Crippen LogP) is 1.91. The molecule has 1 heterocycles. The second-order valence-electron chi connectivity index (χ2n) is 3.45. The molecular weight excluding hydrogens is 204 g/mol. The first-order chi connectivity index (χ1) is 7.58. The molecule has 84 valence electrons. The van der Waals surface area contributed by atoms with E-state index in [1.807, 2.05) is 6.92 Å². The van der Waals surface area contributed by atoms with E-state index in [1.165, 1.54) is 6.20 Å². The Morgan fingerprint density at radius 2 is 2.44 bits per heavy atom. The third-order valence-corrected chi connectivity index (χ3v) is 2.21. The molecule has 1 unspecified atom stereocenters. The molecule has 1 aromatic heterocycles. The van der Waals surface area contributed by atoms with Gasteiger partial charge in [0, 0.05) is 11.9 Å². The average molecular weight is 218 g/mol. The number of terminal acetylenes is 1. The number of nitrogens with one attached hydrogen (secondary N) is 1. The molecule has 0 fully saturated rings. The average Bonchev–Trinajstić information content (AvgIpc) is 2.25. The third-order valence-electron chi connectivity index (χ3n) is 2.21. The van der Waals surface area contributed by atoms with Crippen molar-refractivity contribution in [3.63, 3.8) is 0 Å². The zero-order chi connectivity index (χ0) is 12.1. The van der Waals surface area contributed by atoms with Gasteiger partial charge in [0.05, 0.1) is 11.7 Å². The number of carboxylic acids is 1. The van der Waals surface area contributed by atoms with Gasteiger partial charge in [-0.1, -0.05) is 12.8 Å². The summed E-state index contributed by atoms with van der Waals surface area (Å²) in [6.07, 6.45) is 7.39. The van der Waals surface area contributed by atoms with Crippen molar-refractivity contribution in [1.29, 1.82) is 0 Å². The number of carbonyl (C=O) groups is 1. The van der Waals surface area contributed by atoms with Crippen molar-refractivity contribution in [3.05, 3.63) is 23.5 Å². The summed E-state index contributed by atoms with van der Waals surface area (Å²) < 4.78 is 0. The number of rotatable bonds is 4. The van der Waals surface area contributed by atoms with Crippen LogP contribution in [0, 0.1) is 19.3 Å². The fourth-order valence-electron chi connectivity index (χ4n) is 1.30. The second kappa shape index (κ2) is 5.17. The van der Waals surface area contributed by atoms with Gasteiger partial charge in [-0.2, -0.15) is 0 Å². The van der Waals surface area contributed by atoms with E-state index in [1.54, 1.807) is 13.0 Å². The lowest BCUT2D eigenvalue weighted by atomic mass is 10.1. The topological polar surface area (TPSA) is 62.2 Å². The van der Waals surface area contributed by atoms with Gasteiger partial charge in [0.1, 0.15) is 5.56 Å². The molecule has 0 saturated heterocycles. The maximum Gasteiger partial charge on any atom is 0.339 e. The molecule has 2 N–H and O–H groups in total. The first-order valence-electron chi connectivity index (χ1n) is 5.01. The van der Waals surface area contributed by atoms with Crippen LogP contribution >= 0.6 is 0 Å². The minimum atomic E-state index is -1.01. The second-order valence-corrected chi connectivity index (χ2v) is 3.45.